The first kappa shape index (κ1) is 25.3. The van der Waals surface area contributed by atoms with Crippen molar-refractivity contribution in [2.24, 2.45) is 0 Å². The number of imidazole rings is 1. The third kappa shape index (κ3) is 10.3. The number of thioether (sulfide) groups is 1. The molecular formula is C20H20Cl3N3O4S. The first-order chi connectivity index (χ1) is 14.8. The lowest BCUT2D eigenvalue weighted by Crippen LogP contribution is -2.22. The molecule has 0 aliphatic heterocycles. The van der Waals surface area contributed by atoms with Gasteiger partial charge in [-0.2, -0.15) is 11.8 Å². The van der Waals surface area contributed by atoms with Crippen molar-refractivity contribution >= 4 is 46.6 Å². The molecule has 1 unspecified atom stereocenters. The van der Waals surface area contributed by atoms with Gasteiger partial charge in [0.15, 0.2) is 0 Å². The van der Waals surface area contributed by atoms with Crippen LogP contribution in [0.3, 0.4) is 0 Å². The molecule has 0 aliphatic carbocycles. The van der Waals surface area contributed by atoms with Crippen LogP contribution >= 0.6 is 46.6 Å². The maximum absolute atomic E-state index is 8.36. The lowest BCUT2D eigenvalue weighted by molar-refractivity contribution is -0.742. The Morgan fingerprint density at radius 1 is 1.16 bits per heavy atom. The Kier molecular flexibility index (Phi) is 11.0. The predicted octanol–water partition coefficient (Wildman–Crippen LogP) is 6.01. The largest absolute Gasteiger partial charge is 0.371 e. The molecule has 2 aromatic carbocycles. The van der Waals surface area contributed by atoms with E-state index in [4.69, 9.17) is 54.9 Å². The Morgan fingerprint density at radius 3 is 2.45 bits per heavy atom. The summed E-state index contributed by atoms with van der Waals surface area (Å²) in [6.07, 6.45) is 5.57. The highest BCUT2D eigenvalue weighted by Gasteiger charge is 2.12. The minimum atomic E-state index is -1.50. The van der Waals surface area contributed by atoms with Gasteiger partial charge in [0.25, 0.3) is 5.09 Å². The molecular weight excluding hydrogens is 485 g/mol. The van der Waals surface area contributed by atoms with Crippen molar-refractivity contribution in [2.75, 3.05) is 5.75 Å². The average molecular weight is 505 g/mol. The Morgan fingerprint density at radius 2 is 1.84 bits per heavy atom. The molecule has 11 heteroatoms. The summed E-state index contributed by atoms with van der Waals surface area (Å²) in [6.45, 7) is 1.29. The summed E-state index contributed by atoms with van der Waals surface area (Å²) in [5.41, 5.74) is 2.17. The summed E-state index contributed by atoms with van der Waals surface area (Å²) in [6, 6.07) is 13.3. The quantitative estimate of drug-likeness (QED) is 0.283. The van der Waals surface area contributed by atoms with Gasteiger partial charge in [-0.25, -0.2) is 4.98 Å². The van der Waals surface area contributed by atoms with Crippen LogP contribution in [0.1, 0.15) is 11.1 Å². The molecule has 1 N–H and O–H groups in total. The zero-order chi connectivity index (χ0) is 22.6. The van der Waals surface area contributed by atoms with Crippen molar-refractivity contribution in [2.45, 2.75) is 25.0 Å². The van der Waals surface area contributed by atoms with Crippen LogP contribution in [-0.4, -0.2) is 31.7 Å². The highest BCUT2D eigenvalue weighted by atomic mass is 35.5. The highest BCUT2D eigenvalue weighted by Crippen LogP contribution is 2.25. The van der Waals surface area contributed by atoms with Gasteiger partial charge in [-0.05, 0) is 35.4 Å². The van der Waals surface area contributed by atoms with E-state index in [0.717, 1.165) is 34.2 Å². The van der Waals surface area contributed by atoms with E-state index in [1.807, 2.05) is 47.2 Å². The minimum Gasteiger partial charge on any atom is -0.371 e. The lowest BCUT2D eigenvalue weighted by Gasteiger charge is -2.18. The van der Waals surface area contributed by atoms with Crippen molar-refractivity contribution in [3.8, 4) is 0 Å². The number of rotatable bonds is 9. The number of halogens is 3. The molecule has 0 fully saturated rings. The van der Waals surface area contributed by atoms with Crippen LogP contribution in [0.25, 0.3) is 0 Å². The molecule has 3 aromatic rings. The molecule has 1 heterocycles. The van der Waals surface area contributed by atoms with Crippen molar-refractivity contribution in [1.82, 2.24) is 9.55 Å². The normalized spacial score (nSPS) is 11.5. The molecule has 0 saturated heterocycles. The zero-order valence-electron chi connectivity index (χ0n) is 16.2. The van der Waals surface area contributed by atoms with E-state index >= 15 is 0 Å². The standard InChI is InChI=1S/C20H19Cl3N2OS.HNO3/c21-17-4-1-15(2-5-17)11-26-19(10-25-8-7-24-14-25)13-27-12-16-3-6-18(22)9-20(16)23;2-1(3)4/h1-9,14,19H,10-13H2;(H,2,3,4). The number of ether oxygens (including phenoxy) is 1. The third-order valence-electron chi connectivity index (χ3n) is 3.95. The van der Waals surface area contributed by atoms with E-state index in [1.54, 1.807) is 30.4 Å². The Labute approximate surface area is 199 Å². The fraction of sp³-hybridized carbons (Fsp3) is 0.250. The fourth-order valence-electron chi connectivity index (χ4n) is 2.52. The van der Waals surface area contributed by atoms with Gasteiger partial charge in [0.2, 0.25) is 0 Å². The number of hydrogen-bond acceptors (Lipinski definition) is 5. The van der Waals surface area contributed by atoms with E-state index < -0.39 is 5.09 Å². The molecule has 0 amide bonds. The fourth-order valence-corrected chi connectivity index (χ4v) is 4.25. The summed E-state index contributed by atoms with van der Waals surface area (Å²) >= 11 is 20.0. The van der Waals surface area contributed by atoms with Crippen molar-refractivity contribution < 1.29 is 15.0 Å². The van der Waals surface area contributed by atoms with Crippen LogP contribution in [0.15, 0.2) is 61.2 Å². The molecule has 0 aliphatic rings. The van der Waals surface area contributed by atoms with Gasteiger partial charge in [-0.15, -0.1) is 10.1 Å². The van der Waals surface area contributed by atoms with E-state index in [2.05, 4.69) is 4.98 Å². The van der Waals surface area contributed by atoms with Gasteiger partial charge in [0.1, 0.15) is 0 Å². The summed E-state index contributed by atoms with van der Waals surface area (Å²) < 4.78 is 8.19. The molecule has 0 spiro atoms. The third-order valence-corrected chi connectivity index (χ3v) is 5.91. The average Bonchev–Trinajstić information content (AvgIpc) is 3.21. The molecule has 31 heavy (non-hydrogen) atoms. The summed E-state index contributed by atoms with van der Waals surface area (Å²) in [7, 11) is 0. The summed E-state index contributed by atoms with van der Waals surface area (Å²) in [4.78, 5) is 12.5. The van der Waals surface area contributed by atoms with Crippen LogP contribution in [0.2, 0.25) is 15.1 Å². The Hall–Kier alpha value is -1.97. The minimum absolute atomic E-state index is 0.0472. The maximum atomic E-state index is 8.36. The van der Waals surface area contributed by atoms with Crippen molar-refractivity contribution in [3.63, 3.8) is 0 Å². The second-order valence-corrected chi connectivity index (χ2v) is 8.62. The smallest absolute Gasteiger partial charge is 0.291 e. The molecule has 0 saturated carbocycles. The van der Waals surface area contributed by atoms with Gasteiger partial charge in [-0.1, -0.05) is 53.0 Å². The summed E-state index contributed by atoms with van der Waals surface area (Å²) in [5.74, 6) is 1.64. The second-order valence-electron chi connectivity index (χ2n) is 6.31. The Bertz CT molecular complexity index is 939. The first-order valence-corrected chi connectivity index (χ1v) is 11.3. The topological polar surface area (TPSA) is 90.4 Å². The molecule has 0 radical (unpaired) electrons. The lowest BCUT2D eigenvalue weighted by atomic mass is 10.2. The highest BCUT2D eigenvalue weighted by molar-refractivity contribution is 7.98. The molecule has 3 rings (SSSR count). The SMILES string of the molecule is Clc1ccc(COC(CSCc2ccc(Cl)cc2Cl)Cn2ccnc2)cc1.O=[N+]([O-])O. The zero-order valence-corrected chi connectivity index (χ0v) is 19.3. The predicted molar refractivity (Wildman–Crippen MR) is 124 cm³/mol. The molecule has 1 aromatic heterocycles. The number of aromatic nitrogens is 2. The van der Waals surface area contributed by atoms with Crippen LogP contribution in [0, 0.1) is 10.1 Å². The van der Waals surface area contributed by atoms with Crippen LogP contribution in [0.5, 0.6) is 0 Å². The monoisotopic (exact) mass is 503 g/mol. The van der Waals surface area contributed by atoms with Crippen molar-refractivity contribution in [1.29, 1.82) is 0 Å². The van der Waals surface area contributed by atoms with E-state index in [0.29, 0.717) is 16.7 Å². The first-order valence-electron chi connectivity index (χ1n) is 9.00. The molecule has 1 atom stereocenters. The molecule has 7 nitrogen and oxygen atoms in total. The van der Waals surface area contributed by atoms with Gasteiger partial charge < -0.3 is 14.5 Å². The Balaban J connectivity index is 0.000000785. The van der Waals surface area contributed by atoms with Crippen LogP contribution < -0.4 is 0 Å². The van der Waals surface area contributed by atoms with Gasteiger partial charge in [0.05, 0.1) is 25.6 Å². The van der Waals surface area contributed by atoms with Crippen LogP contribution in [0.4, 0.5) is 0 Å². The van der Waals surface area contributed by atoms with E-state index in [-0.39, 0.29) is 6.10 Å². The molecule has 166 valence electrons. The van der Waals surface area contributed by atoms with Crippen LogP contribution in [-0.2, 0) is 23.6 Å². The molecule has 0 bridgehead atoms. The van der Waals surface area contributed by atoms with E-state index in [1.165, 1.54) is 0 Å². The van der Waals surface area contributed by atoms with Gasteiger partial charge >= 0.3 is 0 Å². The van der Waals surface area contributed by atoms with Crippen molar-refractivity contribution in [3.05, 3.63) is 97.5 Å². The van der Waals surface area contributed by atoms with Gasteiger partial charge in [-0.3, -0.25) is 0 Å². The number of benzene rings is 2. The van der Waals surface area contributed by atoms with Gasteiger partial charge in [0, 0.05) is 39.0 Å². The summed E-state index contributed by atoms with van der Waals surface area (Å²) in [5, 5.41) is 15.7. The number of nitrogens with zero attached hydrogens (tertiary/aromatic N) is 3. The number of hydrogen-bond donors (Lipinski definition) is 1. The second kappa shape index (κ2) is 13.4. The van der Waals surface area contributed by atoms with E-state index in [9.17, 15) is 0 Å². The maximum Gasteiger partial charge on any atom is 0.291 e.